The standard InChI is InChI=1S/C21H36N4O11/c22-21(23)25-19(28)17-15(13-35-11-9-33-7-5-31-3-1-26)16(18(24-17)20(29)30)14-36-12-10-34-8-6-32-4-2-27/h24,26-27H,1-14H2,(H,29,30)(H4,22,23,25,28). The summed E-state index contributed by atoms with van der Waals surface area (Å²) in [6.07, 6.45) is 0. The van der Waals surface area contributed by atoms with E-state index in [9.17, 15) is 14.7 Å². The number of aliphatic imine (C=N–C) groups is 1. The fourth-order valence-electron chi connectivity index (χ4n) is 2.79. The maximum Gasteiger partial charge on any atom is 0.352 e. The molecule has 0 spiro atoms. The number of H-pyrrole nitrogens is 1. The molecule has 15 heteroatoms. The molecule has 8 N–H and O–H groups in total. The fourth-order valence-corrected chi connectivity index (χ4v) is 2.79. The fraction of sp³-hybridized carbons (Fsp3) is 0.667. The molecular weight excluding hydrogens is 484 g/mol. The van der Waals surface area contributed by atoms with E-state index in [1.165, 1.54) is 0 Å². The Kier molecular flexibility index (Phi) is 17.0. The molecule has 0 radical (unpaired) electrons. The highest BCUT2D eigenvalue weighted by atomic mass is 16.6. The molecule has 0 aliphatic heterocycles. The quantitative estimate of drug-likeness (QED) is 0.0564. The molecule has 1 amide bonds. The zero-order chi connectivity index (χ0) is 26.6. The Morgan fingerprint density at radius 2 is 1.06 bits per heavy atom. The number of rotatable bonds is 22. The summed E-state index contributed by atoms with van der Waals surface area (Å²) in [6, 6.07) is 0. The van der Waals surface area contributed by atoms with E-state index in [1.54, 1.807) is 0 Å². The minimum absolute atomic E-state index is 0.0706. The van der Waals surface area contributed by atoms with Crippen LogP contribution in [-0.4, -0.2) is 117 Å². The van der Waals surface area contributed by atoms with Gasteiger partial charge in [0.1, 0.15) is 11.4 Å². The maximum atomic E-state index is 12.5. The van der Waals surface area contributed by atoms with Crippen LogP contribution in [0.25, 0.3) is 0 Å². The Morgan fingerprint density at radius 1 is 0.667 bits per heavy atom. The van der Waals surface area contributed by atoms with Gasteiger partial charge in [0.15, 0.2) is 5.96 Å². The van der Waals surface area contributed by atoms with Gasteiger partial charge in [-0.15, -0.1) is 0 Å². The zero-order valence-electron chi connectivity index (χ0n) is 20.1. The number of aromatic nitrogens is 1. The van der Waals surface area contributed by atoms with Crippen molar-refractivity contribution in [3.8, 4) is 0 Å². The smallest absolute Gasteiger partial charge is 0.352 e. The first-order chi connectivity index (χ1) is 17.4. The second-order valence-corrected chi connectivity index (χ2v) is 6.98. The van der Waals surface area contributed by atoms with Crippen molar-refractivity contribution < 1.29 is 53.3 Å². The van der Waals surface area contributed by atoms with Crippen molar-refractivity contribution in [2.24, 2.45) is 16.5 Å². The van der Waals surface area contributed by atoms with Crippen LogP contribution >= 0.6 is 0 Å². The zero-order valence-corrected chi connectivity index (χ0v) is 20.1. The Balaban J connectivity index is 2.73. The van der Waals surface area contributed by atoms with Crippen LogP contribution in [0.5, 0.6) is 0 Å². The average molecular weight is 521 g/mol. The minimum atomic E-state index is -1.30. The highest BCUT2D eigenvalue weighted by Crippen LogP contribution is 2.23. The summed E-state index contributed by atoms with van der Waals surface area (Å²) >= 11 is 0. The lowest BCUT2D eigenvalue weighted by molar-refractivity contribution is 0.00155. The van der Waals surface area contributed by atoms with Crippen molar-refractivity contribution in [1.82, 2.24) is 4.98 Å². The molecule has 0 fully saturated rings. The van der Waals surface area contributed by atoms with Crippen LogP contribution in [0.1, 0.15) is 32.1 Å². The summed E-state index contributed by atoms with van der Waals surface area (Å²) in [7, 11) is 0. The summed E-state index contributed by atoms with van der Waals surface area (Å²) in [5.74, 6) is -2.64. The number of carboxylic acid groups (broad SMARTS) is 1. The molecule has 0 unspecified atom stereocenters. The number of hydrogen-bond acceptors (Lipinski definition) is 10. The molecular formula is C21H36N4O11. The number of hydrogen-bond donors (Lipinski definition) is 6. The van der Waals surface area contributed by atoms with Crippen molar-refractivity contribution in [3.63, 3.8) is 0 Å². The third kappa shape index (κ3) is 12.9. The Labute approximate surface area is 208 Å². The summed E-state index contributed by atoms with van der Waals surface area (Å²) < 4.78 is 31.9. The first-order valence-electron chi connectivity index (χ1n) is 11.2. The Bertz CT molecular complexity index is 797. The molecule has 0 aliphatic rings. The van der Waals surface area contributed by atoms with E-state index in [-0.39, 0.29) is 88.6 Å². The number of nitrogens with one attached hydrogen (secondary N) is 1. The van der Waals surface area contributed by atoms with Crippen molar-refractivity contribution in [2.45, 2.75) is 13.2 Å². The molecule has 0 aliphatic carbocycles. The van der Waals surface area contributed by atoms with Crippen molar-refractivity contribution >= 4 is 17.8 Å². The molecule has 0 aromatic carbocycles. The summed E-state index contributed by atoms with van der Waals surface area (Å²) in [5.41, 5.74) is 10.7. The lowest BCUT2D eigenvalue weighted by Gasteiger charge is -2.10. The molecule has 1 aromatic heterocycles. The Morgan fingerprint density at radius 3 is 1.44 bits per heavy atom. The highest BCUT2D eigenvalue weighted by Gasteiger charge is 2.25. The van der Waals surface area contributed by atoms with E-state index in [0.29, 0.717) is 26.4 Å². The number of amides is 1. The van der Waals surface area contributed by atoms with Gasteiger partial charge in [0, 0.05) is 11.1 Å². The first-order valence-corrected chi connectivity index (χ1v) is 11.2. The predicted molar refractivity (Wildman–Crippen MR) is 125 cm³/mol. The van der Waals surface area contributed by atoms with Gasteiger partial charge >= 0.3 is 5.97 Å². The summed E-state index contributed by atoms with van der Waals surface area (Å²) in [5, 5.41) is 26.9. The van der Waals surface area contributed by atoms with E-state index in [2.05, 4.69) is 9.98 Å². The lowest BCUT2D eigenvalue weighted by atomic mass is 10.1. The lowest BCUT2D eigenvalue weighted by Crippen LogP contribution is -2.24. The van der Waals surface area contributed by atoms with Gasteiger partial charge < -0.3 is 60.2 Å². The number of aliphatic hydroxyl groups is 2. The maximum absolute atomic E-state index is 12.5. The average Bonchev–Trinajstić information content (AvgIpc) is 3.20. The number of nitrogens with zero attached hydrogens (tertiary/aromatic N) is 1. The number of carbonyl (C=O) groups is 2. The molecule has 0 saturated carbocycles. The van der Waals surface area contributed by atoms with Crippen LogP contribution in [0, 0.1) is 0 Å². The molecule has 0 saturated heterocycles. The van der Waals surface area contributed by atoms with Gasteiger partial charge in [0.25, 0.3) is 5.91 Å². The number of aromatic carboxylic acids is 1. The third-order valence-corrected chi connectivity index (χ3v) is 4.33. The van der Waals surface area contributed by atoms with Crippen LogP contribution in [-0.2, 0) is 41.6 Å². The van der Waals surface area contributed by atoms with Gasteiger partial charge in [-0.1, -0.05) is 0 Å². The SMILES string of the molecule is NC(N)=NC(=O)c1[nH]c(C(=O)O)c(COCCOCCOCCO)c1COCCOCCOCCO. The number of guanidine groups is 1. The molecule has 1 rings (SSSR count). The number of carbonyl (C=O) groups excluding carboxylic acids is 1. The molecule has 206 valence electrons. The van der Waals surface area contributed by atoms with Crippen LogP contribution in [0.4, 0.5) is 0 Å². The van der Waals surface area contributed by atoms with Crippen LogP contribution in [0.2, 0.25) is 0 Å². The van der Waals surface area contributed by atoms with E-state index in [4.69, 9.17) is 50.1 Å². The number of ether oxygens (including phenoxy) is 6. The van der Waals surface area contributed by atoms with Gasteiger partial charge in [-0.3, -0.25) is 4.79 Å². The molecule has 1 aromatic rings. The van der Waals surface area contributed by atoms with Crippen molar-refractivity contribution in [1.29, 1.82) is 0 Å². The van der Waals surface area contributed by atoms with Gasteiger partial charge in [-0.25, -0.2) is 4.79 Å². The van der Waals surface area contributed by atoms with Gasteiger partial charge in [-0.05, 0) is 0 Å². The number of aliphatic hydroxyl groups excluding tert-OH is 2. The number of carboxylic acids is 1. The summed E-state index contributed by atoms with van der Waals surface area (Å²) in [6.45, 7) is 2.02. The summed E-state index contributed by atoms with van der Waals surface area (Å²) in [4.78, 5) is 30.3. The van der Waals surface area contributed by atoms with Gasteiger partial charge in [0.05, 0.1) is 92.5 Å². The van der Waals surface area contributed by atoms with Gasteiger partial charge in [-0.2, -0.15) is 4.99 Å². The van der Waals surface area contributed by atoms with Crippen LogP contribution in [0.3, 0.4) is 0 Å². The molecule has 36 heavy (non-hydrogen) atoms. The van der Waals surface area contributed by atoms with Crippen LogP contribution < -0.4 is 11.5 Å². The topological polar surface area (TPSA) is 230 Å². The van der Waals surface area contributed by atoms with E-state index in [1.807, 2.05) is 0 Å². The second-order valence-electron chi connectivity index (χ2n) is 6.98. The van der Waals surface area contributed by atoms with Crippen molar-refractivity contribution in [3.05, 3.63) is 22.5 Å². The Hall–Kier alpha value is -2.63. The predicted octanol–water partition coefficient (Wildman–Crippen LogP) is -1.79. The van der Waals surface area contributed by atoms with Gasteiger partial charge in [0.2, 0.25) is 0 Å². The second kappa shape index (κ2) is 19.5. The first kappa shape index (κ1) is 31.4. The largest absolute Gasteiger partial charge is 0.477 e. The minimum Gasteiger partial charge on any atom is -0.477 e. The molecule has 0 atom stereocenters. The normalized spacial score (nSPS) is 11.1. The monoisotopic (exact) mass is 520 g/mol. The van der Waals surface area contributed by atoms with E-state index in [0.717, 1.165) is 0 Å². The number of nitrogens with two attached hydrogens (primary N) is 2. The van der Waals surface area contributed by atoms with E-state index >= 15 is 0 Å². The van der Waals surface area contributed by atoms with Crippen LogP contribution in [0.15, 0.2) is 4.99 Å². The number of aromatic amines is 1. The molecule has 15 nitrogen and oxygen atoms in total. The molecule has 0 bridgehead atoms. The van der Waals surface area contributed by atoms with E-state index < -0.39 is 17.8 Å². The molecule has 1 heterocycles. The van der Waals surface area contributed by atoms with Crippen molar-refractivity contribution in [2.75, 3.05) is 79.3 Å². The highest BCUT2D eigenvalue weighted by molar-refractivity contribution is 6.03. The third-order valence-electron chi connectivity index (χ3n) is 4.33.